The van der Waals surface area contributed by atoms with Crippen molar-refractivity contribution in [1.29, 1.82) is 0 Å². The van der Waals surface area contributed by atoms with Gasteiger partial charge in [-0.2, -0.15) is 0 Å². The third-order valence-corrected chi connectivity index (χ3v) is 3.54. The number of rotatable bonds is 5. The quantitative estimate of drug-likeness (QED) is 0.842. The molecule has 2 aromatic carbocycles. The van der Waals surface area contributed by atoms with Crippen LogP contribution in [0.4, 0.5) is 4.39 Å². The van der Waals surface area contributed by atoms with E-state index in [-0.39, 0.29) is 11.9 Å². The van der Waals surface area contributed by atoms with Crippen LogP contribution in [0, 0.1) is 19.7 Å². The van der Waals surface area contributed by atoms with E-state index in [1.807, 2.05) is 12.1 Å². The first-order valence-electron chi connectivity index (χ1n) is 7.18. The molecule has 1 N–H and O–H groups in total. The number of nitrogens with one attached hydrogen (secondary N) is 1. The van der Waals surface area contributed by atoms with Gasteiger partial charge in [-0.3, -0.25) is 0 Å². The number of aryl methyl sites for hydroxylation is 2. The van der Waals surface area contributed by atoms with Gasteiger partial charge in [-0.25, -0.2) is 4.39 Å². The van der Waals surface area contributed by atoms with Crippen molar-refractivity contribution in [3.8, 4) is 0 Å². The first-order valence-corrected chi connectivity index (χ1v) is 7.18. The molecular weight excluding hydrogens is 249 g/mol. The van der Waals surface area contributed by atoms with Gasteiger partial charge in [-0.05, 0) is 49.6 Å². The van der Waals surface area contributed by atoms with Crippen LogP contribution >= 0.6 is 0 Å². The van der Waals surface area contributed by atoms with E-state index in [1.165, 1.54) is 11.1 Å². The van der Waals surface area contributed by atoms with Crippen molar-refractivity contribution < 1.29 is 4.39 Å². The van der Waals surface area contributed by atoms with E-state index < -0.39 is 0 Å². The number of benzene rings is 2. The minimum atomic E-state index is -0.141. The van der Waals surface area contributed by atoms with Crippen molar-refractivity contribution in [3.05, 3.63) is 70.5 Å². The molecule has 0 bridgehead atoms. The molecule has 106 valence electrons. The van der Waals surface area contributed by atoms with Crippen LogP contribution in [-0.2, 0) is 0 Å². The van der Waals surface area contributed by atoms with Crippen molar-refractivity contribution in [1.82, 2.24) is 5.32 Å². The maximum atomic E-state index is 13.8. The highest BCUT2D eigenvalue weighted by molar-refractivity contribution is 5.35. The van der Waals surface area contributed by atoms with Gasteiger partial charge in [0, 0.05) is 0 Å². The maximum absolute atomic E-state index is 13.8. The van der Waals surface area contributed by atoms with Crippen molar-refractivity contribution in [2.75, 3.05) is 6.54 Å². The SMILES string of the molecule is CCCNC(c1ccc(C)cc1)c1ccc(C)c(F)c1. The van der Waals surface area contributed by atoms with Crippen molar-refractivity contribution >= 4 is 0 Å². The molecule has 0 aliphatic rings. The van der Waals surface area contributed by atoms with Crippen molar-refractivity contribution in [2.45, 2.75) is 33.2 Å². The zero-order valence-electron chi connectivity index (χ0n) is 12.4. The summed E-state index contributed by atoms with van der Waals surface area (Å²) in [6, 6.07) is 14.0. The van der Waals surface area contributed by atoms with E-state index in [4.69, 9.17) is 0 Å². The fourth-order valence-electron chi connectivity index (χ4n) is 2.26. The first-order chi connectivity index (χ1) is 9.61. The van der Waals surface area contributed by atoms with Crippen LogP contribution in [0.2, 0.25) is 0 Å². The molecule has 2 rings (SSSR count). The molecule has 2 aromatic rings. The minimum Gasteiger partial charge on any atom is -0.306 e. The Morgan fingerprint density at radius 1 is 1.00 bits per heavy atom. The van der Waals surface area contributed by atoms with Gasteiger partial charge in [0.25, 0.3) is 0 Å². The first kappa shape index (κ1) is 14.7. The Bertz CT molecular complexity index is 560. The van der Waals surface area contributed by atoms with E-state index in [0.29, 0.717) is 5.56 Å². The van der Waals surface area contributed by atoms with Crippen LogP contribution in [0.5, 0.6) is 0 Å². The molecule has 20 heavy (non-hydrogen) atoms. The Kier molecular flexibility index (Phi) is 4.91. The summed E-state index contributed by atoms with van der Waals surface area (Å²) in [6.07, 6.45) is 1.05. The summed E-state index contributed by atoms with van der Waals surface area (Å²) in [6.45, 7) is 6.91. The van der Waals surface area contributed by atoms with Gasteiger partial charge in [0.2, 0.25) is 0 Å². The summed E-state index contributed by atoms with van der Waals surface area (Å²) in [5.41, 5.74) is 4.07. The number of halogens is 1. The van der Waals surface area contributed by atoms with Gasteiger partial charge in [0.15, 0.2) is 0 Å². The predicted octanol–water partition coefficient (Wildman–Crippen LogP) is 4.53. The average Bonchev–Trinajstić information content (AvgIpc) is 2.45. The summed E-state index contributed by atoms with van der Waals surface area (Å²) in [4.78, 5) is 0. The van der Waals surface area contributed by atoms with E-state index in [0.717, 1.165) is 18.5 Å². The lowest BCUT2D eigenvalue weighted by molar-refractivity contribution is 0.582. The standard InChI is InChI=1S/C18H22FN/c1-4-11-20-18(15-8-5-13(2)6-9-15)16-10-7-14(3)17(19)12-16/h5-10,12,18,20H,4,11H2,1-3H3. The van der Waals surface area contributed by atoms with E-state index in [1.54, 1.807) is 13.0 Å². The lowest BCUT2D eigenvalue weighted by atomic mass is 9.96. The van der Waals surface area contributed by atoms with Gasteiger partial charge in [0.05, 0.1) is 6.04 Å². The third-order valence-electron chi connectivity index (χ3n) is 3.54. The van der Waals surface area contributed by atoms with E-state index in [2.05, 4.69) is 43.4 Å². The largest absolute Gasteiger partial charge is 0.306 e. The molecule has 0 radical (unpaired) electrons. The lowest BCUT2D eigenvalue weighted by Gasteiger charge is -2.20. The van der Waals surface area contributed by atoms with E-state index in [9.17, 15) is 4.39 Å². The van der Waals surface area contributed by atoms with Crippen LogP contribution in [0.3, 0.4) is 0 Å². The van der Waals surface area contributed by atoms with Crippen LogP contribution in [0.15, 0.2) is 42.5 Å². The smallest absolute Gasteiger partial charge is 0.126 e. The van der Waals surface area contributed by atoms with Crippen LogP contribution in [0.25, 0.3) is 0 Å². The Morgan fingerprint density at radius 2 is 1.65 bits per heavy atom. The second kappa shape index (κ2) is 6.67. The number of hydrogen-bond donors (Lipinski definition) is 1. The molecular formula is C18H22FN. The lowest BCUT2D eigenvalue weighted by Crippen LogP contribution is -2.23. The second-order valence-corrected chi connectivity index (χ2v) is 5.31. The molecule has 0 saturated heterocycles. The molecule has 0 aliphatic carbocycles. The Balaban J connectivity index is 2.35. The summed E-state index contributed by atoms with van der Waals surface area (Å²) in [7, 11) is 0. The molecule has 0 spiro atoms. The van der Waals surface area contributed by atoms with Crippen LogP contribution in [0.1, 0.15) is 41.6 Å². The van der Waals surface area contributed by atoms with Crippen molar-refractivity contribution in [3.63, 3.8) is 0 Å². The second-order valence-electron chi connectivity index (χ2n) is 5.31. The molecule has 2 heteroatoms. The Morgan fingerprint density at radius 3 is 2.25 bits per heavy atom. The molecule has 0 heterocycles. The molecule has 0 aromatic heterocycles. The topological polar surface area (TPSA) is 12.0 Å². The molecule has 1 atom stereocenters. The fourth-order valence-corrected chi connectivity index (χ4v) is 2.26. The van der Waals surface area contributed by atoms with Crippen molar-refractivity contribution in [2.24, 2.45) is 0 Å². The summed E-state index contributed by atoms with van der Waals surface area (Å²) in [5.74, 6) is -0.141. The third kappa shape index (κ3) is 3.45. The Hall–Kier alpha value is -1.67. The molecule has 0 fully saturated rings. The highest BCUT2D eigenvalue weighted by Gasteiger charge is 2.14. The summed E-state index contributed by atoms with van der Waals surface area (Å²) < 4.78 is 13.8. The fraction of sp³-hybridized carbons (Fsp3) is 0.333. The van der Waals surface area contributed by atoms with Gasteiger partial charge in [-0.1, -0.05) is 48.9 Å². The van der Waals surface area contributed by atoms with Crippen LogP contribution in [-0.4, -0.2) is 6.54 Å². The minimum absolute atomic E-state index is 0.0469. The highest BCUT2D eigenvalue weighted by Crippen LogP contribution is 2.24. The summed E-state index contributed by atoms with van der Waals surface area (Å²) >= 11 is 0. The number of hydrogen-bond acceptors (Lipinski definition) is 1. The van der Waals surface area contributed by atoms with Gasteiger partial charge >= 0.3 is 0 Å². The molecule has 1 unspecified atom stereocenters. The molecule has 0 amide bonds. The normalized spacial score (nSPS) is 12.4. The molecule has 1 nitrogen and oxygen atoms in total. The summed E-state index contributed by atoms with van der Waals surface area (Å²) in [5, 5.41) is 3.50. The average molecular weight is 271 g/mol. The molecule has 0 aliphatic heterocycles. The molecule has 0 saturated carbocycles. The predicted molar refractivity (Wildman–Crippen MR) is 82.5 cm³/mol. The van der Waals surface area contributed by atoms with Gasteiger partial charge < -0.3 is 5.32 Å². The van der Waals surface area contributed by atoms with Gasteiger partial charge in [-0.15, -0.1) is 0 Å². The van der Waals surface area contributed by atoms with E-state index >= 15 is 0 Å². The highest BCUT2D eigenvalue weighted by atomic mass is 19.1. The monoisotopic (exact) mass is 271 g/mol. The maximum Gasteiger partial charge on any atom is 0.126 e. The van der Waals surface area contributed by atoms with Crippen LogP contribution < -0.4 is 5.32 Å². The zero-order valence-corrected chi connectivity index (χ0v) is 12.4. The Labute approximate surface area is 120 Å². The van der Waals surface area contributed by atoms with Gasteiger partial charge in [0.1, 0.15) is 5.82 Å². The zero-order chi connectivity index (χ0) is 14.5.